The van der Waals surface area contributed by atoms with E-state index in [2.05, 4.69) is 61.8 Å². The molecular weight excluding hydrogens is 298 g/mol. The Morgan fingerprint density at radius 2 is 1.83 bits per heavy atom. The molecule has 1 nitrogen and oxygen atoms in total. The van der Waals surface area contributed by atoms with Crippen LogP contribution in [0.2, 0.25) is 0 Å². The summed E-state index contributed by atoms with van der Waals surface area (Å²) in [5.41, 5.74) is 5.71. The number of hydrogen-bond donors (Lipinski definition) is 0. The second-order valence-electron chi connectivity index (χ2n) is 5.99. The van der Waals surface area contributed by atoms with Crippen molar-refractivity contribution in [1.82, 2.24) is 4.98 Å². The van der Waals surface area contributed by atoms with Crippen LogP contribution in [-0.2, 0) is 0 Å². The number of thiophene rings is 1. The molecule has 2 aromatic carbocycles. The molecule has 0 N–H and O–H groups in total. The van der Waals surface area contributed by atoms with Crippen LogP contribution in [0.3, 0.4) is 0 Å². The summed E-state index contributed by atoms with van der Waals surface area (Å²) in [7, 11) is 0. The van der Waals surface area contributed by atoms with Crippen LogP contribution in [0.1, 0.15) is 18.1 Å². The molecule has 4 aromatic rings. The van der Waals surface area contributed by atoms with Crippen LogP contribution in [0, 0.1) is 6.92 Å². The van der Waals surface area contributed by atoms with E-state index in [0.29, 0.717) is 0 Å². The first-order valence-corrected chi connectivity index (χ1v) is 8.49. The van der Waals surface area contributed by atoms with Gasteiger partial charge in [-0.15, -0.1) is 11.3 Å². The first kappa shape index (κ1) is 14.2. The number of fused-ring (bicyclic) bond motifs is 3. The van der Waals surface area contributed by atoms with Gasteiger partial charge in [-0.3, -0.25) is 4.98 Å². The van der Waals surface area contributed by atoms with Gasteiger partial charge in [0, 0.05) is 31.9 Å². The van der Waals surface area contributed by atoms with Crippen molar-refractivity contribution in [2.75, 3.05) is 0 Å². The number of nitrogens with zero attached hydrogens (tertiary/aromatic N) is 1. The molecule has 0 saturated heterocycles. The van der Waals surface area contributed by atoms with E-state index in [9.17, 15) is 0 Å². The lowest BCUT2D eigenvalue weighted by molar-refractivity contribution is 1.32. The van der Waals surface area contributed by atoms with E-state index in [4.69, 9.17) is 0 Å². The normalized spacial score (nSPS) is 11.2. The molecule has 0 unspecified atom stereocenters. The lowest BCUT2D eigenvalue weighted by Crippen LogP contribution is -1.89. The number of hydrogen-bond acceptors (Lipinski definition) is 2. The Hall–Kier alpha value is -2.45. The molecule has 23 heavy (non-hydrogen) atoms. The number of aryl methyl sites for hydroxylation is 1. The van der Waals surface area contributed by atoms with E-state index < -0.39 is 0 Å². The first-order valence-electron chi connectivity index (χ1n) is 7.68. The van der Waals surface area contributed by atoms with Crippen LogP contribution in [0.25, 0.3) is 37.0 Å². The highest BCUT2D eigenvalue weighted by Crippen LogP contribution is 2.39. The molecule has 0 aliphatic rings. The topological polar surface area (TPSA) is 12.9 Å². The molecule has 0 spiro atoms. The molecule has 0 fully saturated rings. The monoisotopic (exact) mass is 315 g/mol. The number of pyridine rings is 1. The Morgan fingerprint density at radius 3 is 2.57 bits per heavy atom. The molecule has 0 saturated carbocycles. The van der Waals surface area contributed by atoms with E-state index in [1.165, 1.54) is 31.3 Å². The van der Waals surface area contributed by atoms with Crippen molar-refractivity contribution in [2.45, 2.75) is 13.8 Å². The quantitative estimate of drug-likeness (QED) is 0.414. The number of benzene rings is 2. The summed E-state index contributed by atoms with van der Waals surface area (Å²) >= 11 is 1.85. The number of aromatic nitrogens is 1. The molecule has 0 amide bonds. The summed E-state index contributed by atoms with van der Waals surface area (Å²) in [5, 5.41) is 2.62. The highest BCUT2D eigenvalue weighted by atomic mass is 32.1. The summed E-state index contributed by atoms with van der Waals surface area (Å²) in [5.74, 6) is 0. The minimum absolute atomic E-state index is 0.999. The van der Waals surface area contributed by atoms with Crippen LogP contribution in [0.5, 0.6) is 0 Å². The van der Waals surface area contributed by atoms with Gasteiger partial charge in [0.1, 0.15) is 0 Å². The summed E-state index contributed by atoms with van der Waals surface area (Å²) in [6, 6.07) is 17.3. The molecule has 4 rings (SSSR count). The van der Waals surface area contributed by atoms with Gasteiger partial charge in [0.15, 0.2) is 0 Å². The van der Waals surface area contributed by atoms with E-state index in [-0.39, 0.29) is 0 Å². The predicted octanol–water partition coefficient (Wildman–Crippen LogP) is 6.46. The van der Waals surface area contributed by atoms with Crippen LogP contribution in [0.15, 0.2) is 61.3 Å². The third-order valence-electron chi connectivity index (χ3n) is 4.17. The smallest absolute Gasteiger partial charge is 0.0708 e. The highest BCUT2D eigenvalue weighted by molar-refractivity contribution is 7.25. The van der Waals surface area contributed by atoms with Gasteiger partial charge in [0.25, 0.3) is 0 Å². The van der Waals surface area contributed by atoms with Crippen LogP contribution < -0.4 is 0 Å². The Kier molecular flexibility index (Phi) is 3.28. The summed E-state index contributed by atoms with van der Waals surface area (Å²) < 4.78 is 2.65. The molecule has 0 bridgehead atoms. The fourth-order valence-corrected chi connectivity index (χ4v) is 4.24. The highest BCUT2D eigenvalue weighted by Gasteiger charge is 2.13. The first-order chi connectivity index (χ1) is 11.1. The van der Waals surface area contributed by atoms with Crippen LogP contribution >= 0.6 is 11.3 Å². The molecule has 0 radical (unpaired) electrons. The van der Waals surface area contributed by atoms with Crippen molar-refractivity contribution in [2.24, 2.45) is 0 Å². The Balaban J connectivity index is 2.10. The molecule has 2 aromatic heterocycles. The molecule has 2 heterocycles. The number of allylic oxidation sites excluding steroid dienone is 1. The average molecular weight is 315 g/mol. The summed E-state index contributed by atoms with van der Waals surface area (Å²) in [4.78, 5) is 4.54. The largest absolute Gasteiger partial charge is 0.256 e. The maximum Gasteiger partial charge on any atom is 0.0708 e. The van der Waals surface area contributed by atoms with E-state index in [1.807, 2.05) is 29.7 Å². The second-order valence-corrected chi connectivity index (χ2v) is 7.07. The predicted molar refractivity (Wildman–Crippen MR) is 102 cm³/mol. The van der Waals surface area contributed by atoms with Gasteiger partial charge in [-0.05, 0) is 55.3 Å². The van der Waals surface area contributed by atoms with Gasteiger partial charge in [0.2, 0.25) is 0 Å². The molecule has 2 heteroatoms. The van der Waals surface area contributed by atoms with Gasteiger partial charge in [0.05, 0.1) is 5.69 Å². The van der Waals surface area contributed by atoms with E-state index in [0.717, 1.165) is 16.8 Å². The average Bonchev–Trinajstić information content (AvgIpc) is 2.90. The Morgan fingerprint density at radius 1 is 1.00 bits per heavy atom. The molecule has 0 aliphatic carbocycles. The molecule has 0 atom stereocenters. The fourth-order valence-electron chi connectivity index (χ4n) is 3.02. The molecule has 0 aliphatic heterocycles. The zero-order valence-corrected chi connectivity index (χ0v) is 14.1. The third-order valence-corrected chi connectivity index (χ3v) is 5.28. The van der Waals surface area contributed by atoms with Crippen molar-refractivity contribution < 1.29 is 0 Å². The summed E-state index contributed by atoms with van der Waals surface area (Å²) in [6.07, 6.45) is 1.84. The van der Waals surface area contributed by atoms with Crippen molar-refractivity contribution in [1.29, 1.82) is 0 Å². The molecule has 112 valence electrons. The zero-order valence-electron chi connectivity index (χ0n) is 13.3. The fraction of sp³-hybridized carbons (Fsp3) is 0.0952. The van der Waals surface area contributed by atoms with Crippen molar-refractivity contribution >= 4 is 37.1 Å². The zero-order chi connectivity index (χ0) is 16.0. The maximum atomic E-state index is 4.54. The summed E-state index contributed by atoms with van der Waals surface area (Å²) in [6.45, 7) is 8.37. The Bertz CT molecular complexity index is 1040. The minimum atomic E-state index is 0.999. The van der Waals surface area contributed by atoms with Gasteiger partial charge in [-0.2, -0.15) is 0 Å². The standard InChI is InChI=1S/C21H17NS/c1-13(2)16-12-21-18(11-17(16)19-6-4-5-9-22-19)15-8-7-14(3)10-20(15)23-21/h4-12H,1H2,2-3H3. The van der Waals surface area contributed by atoms with Crippen molar-refractivity contribution in [3.63, 3.8) is 0 Å². The van der Waals surface area contributed by atoms with Gasteiger partial charge < -0.3 is 0 Å². The third kappa shape index (κ3) is 2.36. The van der Waals surface area contributed by atoms with Gasteiger partial charge in [-0.25, -0.2) is 0 Å². The lowest BCUT2D eigenvalue weighted by atomic mass is 9.96. The van der Waals surface area contributed by atoms with E-state index in [1.54, 1.807) is 0 Å². The van der Waals surface area contributed by atoms with Gasteiger partial charge >= 0.3 is 0 Å². The second kappa shape index (κ2) is 5.32. The van der Waals surface area contributed by atoms with E-state index >= 15 is 0 Å². The SMILES string of the molecule is C=C(C)c1cc2sc3cc(C)ccc3c2cc1-c1ccccn1. The van der Waals surface area contributed by atoms with Crippen LogP contribution in [-0.4, -0.2) is 4.98 Å². The lowest BCUT2D eigenvalue weighted by Gasteiger charge is -2.09. The minimum Gasteiger partial charge on any atom is -0.256 e. The molecular formula is C21H17NS. The van der Waals surface area contributed by atoms with Crippen LogP contribution in [0.4, 0.5) is 0 Å². The van der Waals surface area contributed by atoms with Crippen molar-refractivity contribution in [3.8, 4) is 11.3 Å². The maximum absolute atomic E-state index is 4.54. The Labute approximate surface area is 139 Å². The number of rotatable bonds is 2. The van der Waals surface area contributed by atoms with Crippen molar-refractivity contribution in [3.05, 3.63) is 72.4 Å². The van der Waals surface area contributed by atoms with Gasteiger partial charge in [-0.1, -0.05) is 30.4 Å².